The van der Waals surface area contributed by atoms with Gasteiger partial charge in [-0.3, -0.25) is 4.99 Å². The molecule has 2 rings (SSSR count). The van der Waals surface area contributed by atoms with Crippen molar-refractivity contribution in [2.24, 2.45) is 10.9 Å². The van der Waals surface area contributed by atoms with Gasteiger partial charge in [0.1, 0.15) is 5.75 Å². The lowest BCUT2D eigenvalue weighted by Gasteiger charge is -2.18. The number of aliphatic imine (C=N–C) groups is 1. The van der Waals surface area contributed by atoms with E-state index in [9.17, 15) is 0 Å². The topological polar surface area (TPSA) is 21.6 Å². The Bertz CT molecular complexity index is 646. The smallest absolute Gasteiger partial charge is 0.119 e. The minimum atomic E-state index is 0.174. The normalized spacial score (nSPS) is 12.1. The molecule has 0 saturated carbocycles. The largest absolute Gasteiger partial charge is 0.494 e. The van der Waals surface area contributed by atoms with Crippen molar-refractivity contribution in [3.05, 3.63) is 59.7 Å². The second kappa shape index (κ2) is 8.14. The Morgan fingerprint density at radius 2 is 1.58 bits per heavy atom. The van der Waals surface area contributed by atoms with Crippen LogP contribution < -0.4 is 4.74 Å². The molecule has 2 heteroatoms. The number of benzene rings is 2. The van der Waals surface area contributed by atoms with E-state index in [2.05, 4.69) is 63.9 Å². The average molecular weight is 323 g/mol. The molecule has 0 heterocycles. The Kier molecular flexibility index (Phi) is 6.19. The van der Waals surface area contributed by atoms with E-state index < -0.39 is 0 Å². The molecule has 0 unspecified atom stereocenters. The maximum atomic E-state index is 5.74. The van der Waals surface area contributed by atoms with E-state index in [1.54, 1.807) is 0 Å². The Balaban J connectivity index is 1.94. The van der Waals surface area contributed by atoms with Gasteiger partial charge >= 0.3 is 0 Å². The first kappa shape index (κ1) is 18.3. The average Bonchev–Trinajstić information content (AvgIpc) is 2.53. The fourth-order valence-electron chi connectivity index (χ4n) is 2.26. The molecule has 0 N–H and O–H groups in total. The molecule has 2 nitrogen and oxygen atoms in total. The molecule has 0 aromatic heterocycles. The molecular formula is C22H29NO. The van der Waals surface area contributed by atoms with Crippen LogP contribution >= 0.6 is 0 Å². The summed E-state index contributed by atoms with van der Waals surface area (Å²) in [5, 5.41) is 0. The zero-order chi connectivity index (χ0) is 17.6. The van der Waals surface area contributed by atoms with Crippen molar-refractivity contribution >= 4 is 11.9 Å². The van der Waals surface area contributed by atoms with Gasteiger partial charge in [0.05, 0.1) is 12.3 Å². The molecule has 0 atom stereocenters. The second-order valence-electron chi connectivity index (χ2n) is 7.66. The van der Waals surface area contributed by atoms with Crippen LogP contribution in [-0.2, 0) is 5.41 Å². The summed E-state index contributed by atoms with van der Waals surface area (Å²) >= 11 is 0. The van der Waals surface area contributed by atoms with Gasteiger partial charge in [-0.25, -0.2) is 0 Å². The SMILES string of the molecule is CC(C)CCOc1ccc(C=Nc2ccc(C(C)(C)C)cc2)cc1. The molecule has 2 aromatic rings. The second-order valence-corrected chi connectivity index (χ2v) is 7.66. The van der Waals surface area contributed by atoms with E-state index in [0.717, 1.165) is 30.0 Å². The summed E-state index contributed by atoms with van der Waals surface area (Å²) in [5.41, 5.74) is 3.55. The van der Waals surface area contributed by atoms with Crippen LogP contribution in [-0.4, -0.2) is 12.8 Å². The third-order valence-electron chi connectivity index (χ3n) is 3.94. The maximum absolute atomic E-state index is 5.74. The third kappa shape index (κ3) is 5.84. The van der Waals surface area contributed by atoms with Crippen LogP contribution in [0.1, 0.15) is 52.2 Å². The summed E-state index contributed by atoms with van der Waals surface area (Å²) in [7, 11) is 0. The van der Waals surface area contributed by atoms with Gasteiger partial charge in [0.25, 0.3) is 0 Å². The predicted octanol–water partition coefficient (Wildman–Crippen LogP) is 6.16. The highest BCUT2D eigenvalue weighted by molar-refractivity contribution is 5.82. The number of ether oxygens (including phenoxy) is 1. The number of hydrogen-bond donors (Lipinski definition) is 0. The summed E-state index contributed by atoms with van der Waals surface area (Å²) in [4.78, 5) is 4.55. The van der Waals surface area contributed by atoms with Gasteiger partial charge in [0, 0.05) is 6.21 Å². The molecular weight excluding hydrogens is 294 g/mol. The lowest BCUT2D eigenvalue weighted by Crippen LogP contribution is -2.10. The summed E-state index contributed by atoms with van der Waals surface area (Å²) < 4.78 is 5.74. The quantitative estimate of drug-likeness (QED) is 0.583. The van der Waals surface area contributed by atoms with Crippen LogP contribution in [0.2, 0.25) is 0 Å². The summed E-state index contributed by atoms with van der Waals surface area (Å²) in [6, 6.07) is 16.5. The minimum absolute atomic E-state index is 0.174. The molecule has 0 amide bonds. The van der Waals surface area contributed by atoms with Crippen LogP contribution in [0.15, 0.2) is 53.5 Å². The van der Waals surface area contributed by atoms with Gasteiger partial charge in [-0.1, -0.05) is 46.8 Å². The van der Waals surface area contributed by atoms with Crippen molar-refractivity contribution in [3.8, 4) is 5.75 Å². The summed E-state index contributed by atoms with van der Waals surface area (Å²) in [5.74, 6) is 1.59. The zero-order valence-corrected chi connectivity index (χ0v) is 15.5. The highest BCUT2D eigenvalue weighted by Crippen LogP contribution is 2.24. The number of nitrogens with zero attached hydrogens (tertiary/aromatic N) is 1. The lowest BCUT2D eigenvalue weighted by atomic mass is 9.87. The first-order valence-corrected chi connectivity index (χ1v) is 8.72. The molecule has 0 fully saturated rings. The van der Waals surface area contributed by atoms with E-state index in [1.165, 1.54) is 5.56 Å². The van der Waals surface area contributed by atoms with E-state index in [0.29, 0.717) is 5.92 Å². The van der Waals surface area contributed by atoms with Crippen LogP contribution in [0.5, 0.6) is 5.75 Å². The predicted molar refractivity (Wildman–Crippen MR) is 104 cm³/mol. The lowest BCUT2D eigenvalue weighted by molar-refractivity contribution is 0.289. The van der Waals surface area contributed by atoms with Crippen LogP contribution in [0.3, 0.4) is 0 Å². The standard InChI is InChI=1S/C22H29NO/c1-17(2)14-15-24-21-12-6-18(7-13-21)16-23-20-10-8-19(9-11-20)22(3,4)5/h6-13,16-17H,14-15H2,1-5H3. The molecule has 0 aliphatic carbocycles. The van der Waals surface area contributed by atoms with E-state index in [1.807, 2.05) is 30.5 Å². The highest BCUT2D eigenvalue weighted by Gasteiger charge is 2.12. The number of rotatable bonds is 6. The molecule has 0 spiro atoms. The van der Waals surface area contributed by atoms with E-state index >= 15 is 0 Å². The molecule has 0 radical (unpaired) electrons. The van der Waals surface area contributed by atoms with Crippen molar-refractivity contribution in [3.63, 3.8) is 0 Å². The first-order valence-electron chi connectivity index (χ1n) is 8.72. The van der Waals surface area contributed by atoms with Crippen molar-refractivity contribution in [1.29, 1.82) is 0 Å². The van der Waals surface area contributed by atoms with Crippen molar-refractivity contribution in [2.75, 3.05) is 6.61 Å². The molecule has 0 aliphatic rings. The van der Waals surface area contributed by atoms with Gasteiger partial charge in [0.15, 0.2) is 0 Å². The molecule has 0 saturated heterocycles. The van der Waals surface area contributed by atoms with Crippen LogP contribution in [0.4, 0.5) is 5.69 Å². The molecule has 24 heavy (non-hydrogen) atoms. The van der Waals surface area contributed by atoms with Gasteiger partial charge in [0.2, 0.25) is 0 Å². The summed E-state index contributed by atoms with van der Waals surface area (Å²) in [6.45, 7) is 11.8. The Labute approximate surface area is 146 Å². The van der Waals surface area contributed by atoms with Gasteiger partial charge in [-0.15, -0.1) is 0 Å². The highest BCUT2D eigenvalue weighted by atomic mass is 16.5. The Hall–Kier alpha value is -2.09. The molecule has 2 aromatic carbocycles. The van der Waals surface area contributed by atoms with E-state index in [4.69, 9.17) is 4.74 Å². The van der Waals surface area contributed by atoms with Crippen molar-refractivity contribution in [1.82, 2.24) is 0 Å². The minimum Gasteiger partial charge on any atom is -0.494 e. The van der Waals surface area contributed by atoms with Gasteiger partial charge in [-0.05, 0) is 65.3 Å². The first-order chi connectivity index (χ1) is 11.3. The Morgan fingerprint density at radius 1 is 0.958 bits per heavy atom. The van der Waals surface area contributed by atoms with Gasteiger partial charge in [-0.2, -0.15) is 0 Å². The number of hydrogen-bond acceptors (Lipinski definition) is 2. The fraction of sp³-hybridized carbons (Fsp3) is 0.409. The maximum Gasteiger partial charge on any atom is 0.119 e. The van der Waals surface area contributed by atoms with E-state index in [-0.39, 0.29) is 5.41 Å². The van der Waals surface area contributed by atoms with Crippen LogP contribution in [0, 0.1) is 5.92 Å². The van der Waals surface area contributed by atoms with Gasteiger partial charge < -0.3 is 4.74 Å². The van der Waals surface area contributed by atoms with Crippen molar-refractivity contribution in [2.45, 2.75) is 46.5 Å². The van der Waals surface area contributed by atoms with Crippen LogP contribution in [0.25, 0.3) is 0 Å². The third-order valence-corrected chi connectivity index (χ3v) is 3.94. The zero-order valence-electron chi connectivity index (χ0n) is 15.5. The fourth-order valence-corrected chi connectivity index (χ4v) is 2.26. The monoisotopic (exact) mass is 323 g/mol. The summed E-state index contributed by atoms with van der Waals surface area (Å²) in [6.07, 6.45) is 2.97. The molecule has 0 aliphatic heterocycles. The molecule has 0 bridgehead atoms. The van der Waals surface area contributed by atoms with Crippen molar-refractivity contribution < 1.29 is 4.74 Å². The molecule has 128 valence electrons. The Morgan fingerprint density at radius 3 is 2.12 bits per heavy atom.